The van der Waals surface area contributed by atoms with E-state index >= 15 is 0 Å². The van der Waals surface area contributed by atoms with Crippen LogP contribution in [0.3, 0.4) is 0 Å². The summed E-state index contributed by atoms with van der Waals surface area (Å²) in [5.74, 6) is 1.13. The molecule has 5 rings (SSSR count). The molecule has 2 atom stereocenters. The van der Waals surface area contributed by atoms with E-state index in [4.69, 9.17) is 27.9 Å². The molecule has 0 aromatic heterocycles. The van der Waals surface area contributed by atoms with Crippen molar-refractivity contribution in [2.45, 2.75) is 61.4 Å². The van der Waals surface area contributed by atoms with Crippen molar-refractivity contribution in [3.05, 3.63) is 88.4 Å². The van der Waals surface area contributed by atoms with Crippen LogP contribution in [-0.2, 0) is 10.0 Å². The van der Waals surface area contributed by atoms with Crippen molar-refractivity contribution in [3.8, 4) is 5.75 Å². The fourth-order valence-corrected chi connectivity index (χ4v) is 8.11. The molecule has 1 aliphatic heterocycles. The van der Waals surface area contributed by atoms with Crippen LogP contribution in [0.2, 0.25) is 10.0 Å². The highest BCUT2D eigenvalue weighted by Gasteiger charge is 2.38. The van der Waals surface area contributed by atoms with Crippen LogP contribution in [0.5, 0.6) is 5.75 Å². The number of likely N-dealkylation sites (tertiary alicyclic amines) is 1. The third-order valence-electron chi connectivity index (χ3n) is 8.03. The van der Waals surface area contributed by atoms with Crippen LogP contribution in [0.4, 0.5) is 5.69 Å². The summed E-state index contributed by atoms with van der Waals surface area (Å²) in [6, 6.07) is 22.8. The summed E-state index contributed by atoms with van der Waals surface area (Å²) in [7, 11) is -2.28. The van der Waals surface area contributed by atoms with E-state index in [1.165, 1.54) is 31.2 Å². The average Bonchev–Trinajstić information content (AvgIpc) is 2.96. The van der Waals surface area contributed by atoms with E-state index in [2.05, 4.69) is 35.2 Å². The number of hydrogen-bond acceptors (Lipinski definition) is 4. The standard InChI is InChI=1S/C30H34Cl2N2O3S/c1-37-25-12-14-26(15-13-25)38(35,36)34(24-11-16-28(31)29(32)21-24)23-17-19-33(20-18-23)30-10-6-5-9-27(30)22-7-3-2-4-8-22/h2-4,7-8,11-16,21,23,27,30H,5-6,9-10,17-20H2,1H3/t27-,30-/m1/s1. The molecule has 38 heavy (non-hydrogen) atoms. The van der Waals surface area contributed by atoms with E-state index in [0.717, 1.165) is 25.9 Å². The van der Waals surface area contributed by atoms with Crippen molar-refractivity contribution < 1.29 is 13.2 Å². The molecule has 8 heteroatoms. The minimum absolute atomic E-state index is 0.186. The molecule has 1 saturated heterocycles. The second kappa shape index (κ2) is 11.9. The van der Waals surface area contributed by atoms with Crippen LogP contribution >= 0.6 is 23.2 Å². The first-order valence-electron chi connectivity index (χ1n) is 13.3. The number of methoxy groups -OCH3 is 1. The zero-order valence-electron chi connectivity index (χ0n) is 21.6. The molecular weight excluding hydrogens is 539 g/mol. The Balaban J connectivity index is 1.41. The molecule has 1 heterocycles. The molecular formula is C30H34Cl2N2O3S. The fraction of sp³-hybridized carbons (Fsp3) is 0.400. The van der Waals surface area contributed by atoms with Gasteiger partial charge in [-0.05, 0) is 79.6 Å². The van der Waals surface area contributed by atoms with Crippen molar-refractivity contribution in [1.29, 1.82) is 0 Å². The summed E-state index contributed by atoms with van der Waals surface area (Å²) in [5, 5.41) is 0.737. The number of benzene rings is 3. The molecule has 0 amide bonds. The van der Waals surface area contributed by atoms with Crippen molar-refractivity contribution in [2.75, 3.05) is 24.5 Å². The molecule has 3 aromatic rings. The Morgan fingerprint density at radius 3 is 2.18 bits per heavy atom. The number of ether oxygens (including phenoxy) is 1. The Hall–Kier alpha value is -2.25. The summed E-state index contributed by atoms with van der Waals surface area (Å²) < 4.78 is 34.9. The van der Waals surface area contributed by atoms with Gasteiger partial charge in [-0.15, -0.1) is 0 Å². The molecule has 0 unspecified atom stereocenters. The van der Waals surface area contributed by atoms with Gasteiger partial charge in [-0.2, -0.15) is 0 Å². The van der Waals surface area contributed by atoms with Gasteiger partial charge in [0.15, 0.2) is 0 Å². The Labute approximate surface area is 236 Å². The molecule has 1 saturated carbocycles. The van der Waals surface area contributed by atoms with E-state index in [0.29, 0.717) is 33.4 Å². The van der Waals surface area contributed by atoms with Gasteiger partial charge in [-0.1, -0.05) is 66.4 Å². The molecule has 3 aromatic carbocycles. The van der Waals surface area contributed by atoms with Crippen LogP contribution in [-0.4, -0.2) is 45.6 Å². The van der Waals surface area contributed by atoms with E-state index < -0.39 is 10.0 Å². The highest BCUT2D eigenvalue weighted by molar-refractivity contribution is 7.92. The molecule has 0 radical (unpaired) electrons. The van der Waals surface area contributed by atoms with Crippen molar-refractivity contribution in [1.82, 2.24) is 4.90 Å². The third-order valence-corrected chi connectivity index (χ3v) is 10.7. The Bertz CT molecular complexity index is 1330. The largest absolute Gasteiger partial charge is 0.497 e. The minimum atomic E-state index is -3.85. The number of halogens is 2. The Morgan fingerprint density at radius 1 is 0.842 bits per heavy atom. The zero-order valence-corrected chi connectivity index (χ0v) is 23.9. The number of piperidine rings is 1. The Kier molecular flexibility index (Phi) is 8.53. The summed E-state index contributed by atoms with van der Waals surface area (Å²) in [4.78, 5) is 2.82. The van der Waals surface area contributed by atoms with Gasteiger partial charge in [0.2, 0.25) is 0 Å². The lowest BCUT2D eigenvalue weighted by molar-refractivity contribution is 0.107. The lowest BCUT2D eigenvalue weighted by atomic mass is 9.78. The topological polar surface area (TPSA) is 49.9 Å². The average molecular weight is 574 g/mol. The summed E-state index contributed by atoms with van der Waals surface area (Å²) in [5.41, 5.74) is 1.95. The smallest absolute Gasteiger partial charge is 0.264 e. The molecule has 2 fully saturated rings. The van der Waals surface area contributed by atoms with Gasteiger partial charge in [0, 0.05) is 25.2 Å². The first kappa shape index (κ1) is 27.3. The first-order valence-corrected chi connectivity index (χ1v) is 15.5. The van der Waals surface area contributed by atoms with Gasteiger partial charge < -0.3 is 4.74 Å². The fourth-order valence-electron chi connectivity index (χ4n) is 6.12. The molecule has 0 N–H and O–H groups in total. The van der Waals surface area contributed by atoms with Crippen molar-refractivity contribution >= 4 is 38.9 Å². The van der Waals surface area contributed by atoms with Gasteiger partial charge in [-0.3, -0.25) is 9.21 Å². The maximum Gasteiger partial charge on any atom is 0.264 e. The van der Waals surface area contributed by atoms with Gasteiger partial charge in [-0.25, -0.2) is 8.42 Å². The van der Waals surface area contributed by atoms with Crippen LogP contribution in [0.25, 0.3) is 0 Å². The summed E-state index contributed by atoms with van der Waals surface area (Å²) >= 11 is 12.5. The third kappa shape index (κ3) is 5.69. The highest BCUT2D eigenvalue weighted by atomic mass is 35.5. The molecule has 0 spiro atoms. The maximum atomic E-state index is 14.0. The number of hydrogen-bond donors (Lipinski definition) is 0. The van der Waals surface area contributed by atoms with Crippen molar-refractivity contribution in [2.24, 2.45) is 0 Å². The maximum absolute atomic E-state index is 14.0. The molecule has 0 bridgehead atoms. The van der Waals surface area contributed by atoms with Crippen LogP contribution in [0, 0.1) is 0 Å². The first-order chi connectivity index (χ1) is 18.4. The van der Waals surface area contributed by atoms with Gasteiger partial charge in [0.05, 0.1) is 27.7 Å². The van der Waals surface area contributed by atoms with E-state index in [-0.39, 0.29) is 10.9 Å². The monoisotopic (exact) mass is 572 g/mol. The van der Waals surface area contributed by atoms with Gasteiger partial charge in [0.1, 0.15) is 5.75 Å². The lowest BCUT2D eigenvalue weighted by Gasteiger charge is -2.45. The summed E-state index contributed by atoms with van der Waals surface area (Å²) in [6.07, 6.45) is 6.38. The van der Waals surface area contributed by atoms with E-state index in [1.807, 2.05) is 0 Å². The number of nitrogens with zero attached hydrogens (tertiary/aromatic N) is 2. The summed E-state index contributed by atoms with van der Waals surface area (Å²) in [6.45, 7) is 1.71. The molecule has 5 nitrogen and oxygen atoms in total. The quantitative estimate of drug-likeness (QED) is 0.296. The number of anilines is 1. The van der Waals surface area contributed by atoms with E-state index in [1.54, 1.807) is 53.9 Å². The molecule has 2 aliphatic rings. The normalized spacial score (nSPS) is 21.2. The second-order valence-electron chi connectivity index (χ2n) is 10.2. The van der Waals surface area contributed by atoms with Crippen LogP contribution in [0.1, 0.15) is 50.0 Å². The minimum Gasteiger partial charge on any atom is -0.497 e. The second-order valence-corrected chi connectivity index (χ2v) is 12.8. The zero-order chi connectivity index (χ0) is 26.7. The van der Waals surface area contributed by atoms with Crippen molar-refractivity contribution in [3.63, 3.8) is 0 Å². The van der Waals surface area contributed by atoms with Gasteiger partial charge in [0.25, 0.3) is 10.0 Å². The van der Waals surface area contributed by atoms with Gasteiger partial charge >= 0.3 is 0 Å². The van der Waals surface area contributed by atoms with Crippen LogP contribution < -0.4 is 9.04 Å². The SMILES string of the molecule is COc1ccc(S(=O)(=O)N(c2ccc(Cl)c(Cl)c2)C2CCN([C@@H]3CCCC[C@@H]3c3ccccc3)CC2)cc1. The number of rotatable bonds is 7. The van der Waals surface area contributed by atoms with Crippen LogP contribution in [0.15, 0.2) is 77.7 Å². The molecule has 1 aliphatic carbocycles. The number of sulfonamides is 1. The molecule has 202 valence electrons. The Morgan fingerprint density at radius 2 is 1.53 bits per heavy atom. The lowest BCUT2D eigenvalue weighted by Crippen LogP contribution is -2.51. The van der Waals surface area contributed by atoms with E-state index in [9.17, 15) is 8.42 Å². The highest BCUT2D eigenvalue weighted by Crippen LogP contribution is 2.39. The predicted octanol–water partition coefficient (Wildman–Crippen LogP) is 7.39. The predicted molar refractivity (Wildman–Crippen MR) is 155 cm³/mol.